The minimum absolute atomic E-state index is 0.183. The fraction of sp³-hybridized carbons (Fsp3) is 0.625. The van der Waals surface area contributed by atoms with Gasteiger partial charge in [-0.1, -0.05) is 26.0 Å². The summed E-state index contributed by atoms with van der Waals surface area (Å²) in [4.78, 5) is 2.20. The van der Waals surface area contributed by atoms with Crippen LogP contribution in [0, 0.1) is 0 Å². The largest absolute Gasteiger partial charge is 0.416 e. The lowest BCUT2D eigenvalue weighted by molar-refractivity contribution is -0.137. The average molecular weight is 301 g/mol. The van der Waals surface area contributed by atoms with E-state index in [9.17, 15) is 18.3 Å². The molecule has 2 nitrogen and oxygen atoms in total. The summed E-state index contributed by atoms with van der Waals surface area (Å²) < 4.78 is 37.7. The van der Waals surface area contributed by atoms with Crippen LogP contribution in [0.4, 0.5) is 13.2 Å². The summed E-state index contributed by atoms with van der Waals surface area (Å²) in [7, 11) is 0. The third kappa shape index (κ3) is 4.20. The Morgan fingerprint density at radius 3 is 2.19 bits per heavy atom. The zero-order valence-corrected chi connectivity index (χ0v) is 12.5. The summed E-state index contributed by atoms with van der Waals surface area (Å²) in [5, 5.41) is 9.50. The monoisotopic (exact) mass is 301 g/mol. The van der Waals surface area contributed by atoms with E-state index in [1.54, 1.807) is 12.1 Å². The summed E-state index contributed by atoms with van der Waals surface area (Å²) in [5.41, 5.74) is 0.123. The van der Waals surface area contributed by atoms with Gasteiger partial charge in [0.15, 0.2) is 0 Å². The first kappa shape index (κ1) is 16.3. The summed E-state index contributed by atoms with van der Waals surface area (Å²) in [6.45, 7) is 6.53. The first-order valence-electron chi connectivity index (χ1n) is 7.27. The van der Waals surface area contributed by atoms with Gasteiger partial charge < -0.3 is 10.0 Å². The van der Waals surface area contributed by atoms with Gasteiger partial charge in [0.1, 0.15) is 0 Å². The van der Waals surface area contributed by atoms with Gasteiger partial charge in [-0.15, -0.1) is 0 Å². The lowest BCUT2D eigenvalue weighted by Gasteiger charge is -2.28. The standard InChI is InChI=1S/C16H22F3NO/c1-15(2,8-10-20-9-7-14(21)11-20)12-3-5-13(6-4-12)16(17,18)19/h3-6,14,21H,7-11H2,1-2H3/t14-/m1/s1. The summed E-state index contributed by atoms with van der Waals surface area (Å²) in [5.74, 6) is 0. The molecule has 1 N–H and O–H groups in total. The molecule has 2 rings (SSSR count). The predicted octanol–water partition coefficient (Wildman–Crippen LogP) is 3.44. The Balaban J connectivity index is 1.98. The molecule has 1 aliphatic heterocycles. The molecular formula is C16H22F3NO. The van der Waals surface area contributed by atoms with Crippen LogP contribution in [0.3, 0.4) is 0 Å². The van der Waals surface area contributed by atoms with E-state index in [0.717, 1.165) is 43.6 Å². The van der Waals surface area contributed by atoms with Crippen LogP contribution < -0.4 is 0 Å². The number of aliphatic hydroxyl groups is 1. The Labute approximate surface area is 123 Å². The Morgan fingerprint density at radius 2 is 1.71 bits per heavy atom. The summed E-state index contributed by atoms with van der Waals surface area (Å²) in [6, 6.07) is 5.44. The smallest absolute Gasteiger partial charge is 0.392 e. The van der Waals surface area contributed by atoms with Crippen LogP contribution in [-0.4, -0.2) is 35.7 Å². The predicted molar refractivity (Wildman–Crippen MR) is 76.2 cm³/mol. The van der Waals surface area contributed by atoms with Gasteiger partial charge in [0.25, 0.3) is 0 Å². The Bertz CT molecular complexity index is 467. The van der Waals surface area contributed by atoms with Gasteiger partial charge in [-0.2, -0.15) is 13.2 Å². The number of aliphatic hydroxyl groups excluding tert-OH is 1. The van der Waals surface area contributed by atoms with Gasteiger partial charge in [0.05, 0.1) is 11.7 Å². The molecule has 1 aromatic carbocycles. The van der Waals surface area contributed by atoms with Crippen molar-refractivity contribution in [3.8, 4) is 0 Å². The van der Waals surface area contributed by atoms with Gasteiger partial charge in [-0.05, 0) is 42.5 Å². The molecule has 0 aromatic heterocycles. The third-order valence-electron chi connectivity index (χ3n) is 4.29. The maximum atomic E-state index is 12.6. The molecule has 21 heavy (non-hydrogen) atoms. The number of likely N-dealkylation sites (tertiary alicyclic amines) is 1. The maximum Gasteiger partial charge on any atom is 0.416 e. The fourth-order valence-corrected chi connectivity index (χ4v) is 2.71. The molecule has 1 atom stereocenters. The molecule has 5 heteroatoms. The van der Waals surface area contributed by atoms with Crippen molar-refractivity contribution in [3.05, 3.63) is 35.4 Å². The number of β-amino-alcohol motifs (C(OH)–C–C–N with tert-alkyl or cyclic N) is 1. The van der Waals surface area contributed by atoms with E-state index in [2.05, 4.69) is 4.90 Å². The molecule has 118 valence electrons. The normalized spacial score (nSPS) is 21.0. The lowest BCUT2D eigenvalue weighted by Crippen LogP contribution is -2.29. The van der Waals surface area contributed by atoms with Crippen LogP contribution in [0.5, 0.6) is 0 Å². The number of hydrogen-bond acceptors (Lipinski definition) is 2. The average Bonchev–Trinajstić information content (AvgIpc) is 2.82. The second-order valence-corrected chi connectivity index (χ2v) is 6.45. The van der Waals surface area contributed by atoms with Gasteiger partial charge in [-0.25, -0.2) is 0 Å². The van der Waals surface area contributed by atoms with E-state index in [-0.39, 0.29) is 11.5 Å². The zero-order valence-electron chi connectivity index (χ0n) is 12.5. The van der Waals surface area contributed by atoms with Crippen LogP contribution in [0.25, 0.3) is 0 Å². The second kappa shape index (κ2) is 5.97. The SMILES string of the molecule is CC(C)(CCN1CC[C@@H](O)C1)c1ccc(C(F)(F)F)cc1. The molecule has 0 saturated carbocycles. The van der Waals surface area contributed by atoms with Gasteiger partial charge >= 0.3 is 6.18 Å². The minimum atomic E-state index is -4.28. The van der Waals surface area contributed by atoms with Crippen molar-refractivity contribution >= 4 is 0 Å². The van der Waals surface area contributed by atoms with Crippen molar-refractivity contribution in [1.29, 1.82) is 0 Å². The summed E-state index contributed by atoms with van der Waals surface area (Å²) in [6.07, 6.45) is -2.86. The van der Waals surface area contributed by atoms with Crippen LogP contribution >= 0.6 is 0 Å². The van der Waals surface area contributed by atoms with E-state index in [1.807, 2.05) is 13.8 Å². The van der Waals surface area contributed by atoms with Crippen LogP contribution in [0.2, 0.25) is 0 Å². The van der Waals surface area contributed by atoms with Gasteiger partial charge in [0.2, 0.25) is 0 Å². The molecule has 0 bridgehead atoms. The fourth-order valence-electron chi connectivity index (χ4n) is 2.71. The van der Waals surface area contributed by atoms with Crippen LogP contribution in [-0.2, 0) is 11.6 Å². The van der Waals surface area contributed by atoms with Crippen molar-refractivity contribution in [2.75, 3.05) is 19.6 Å². The quantitative estimate of drug-likeness (QED) is 0.921. The molecule has 1 fully saturated rings. The Hall–Kier alpha value is -1.07. The van der Waals surface area contributed by atoms with Crippen molar-refractivity contribution in [2.24, 2.45) is 0 Å². The highest BCUT2D eigenvalue weighted by atomic mass is 19.4. The van der Waals surface area contributed by atoms with Crippen molar-refractivity contribution < 1.29 is 18.3 Å². The van der Waals surface area contributed by atoms with E-state index >= 15 is 0 Å². The van der Waals surface area contributed by atoms with Crippen LogP contribution in [0.1, 0.15) is 37.8 Å². The zero-order chi connectivity index (χ0) is 15.7. The highest BCUT2D eigenvalue weighted by Gasteiger charge is 2.31. The highest BCUT2D eigenvalue weighted by Crippen LogP contribution is 2.33. The summed E-state index contributed by atoms with van der Waals surface area (Å²) >= 11 is 0. The lowest BCUT2D eigenvalue weighted by atomic mass is 9.81. The van der Waals surface area contributed by atoms with Crippen molar-refractivity contribution in [2.45, 2.75) is 44.4 Å². The molecule has 1 saturated heterocycles. The Morgan fingerprint density at radius 1 is 1.14 bits per heavy atom. The first-order chi connectivity index (χ1) is 9.68. The van der Waals surface area contributed by atoms with E-state index in [4.69, 9.17) is 0 Å². The molecule has 0 spiro atoms. The molecule has 1 aromatic rings. The Kier molecular flexibility index (Phi) is 4.63. The van der Waals surface area contributed by atoms with Gasteiger partial charge in [0, 0.05) is 13.1 Å². The highest BCUT2D eigenvalue weighted by molar-refractivity contribution is 5.29. The molecule has 0 radical (unpaired) electrons. The number of nitrogens with zero attached hydrogens (tertiary/aromatic N) is 1. The molecule has 1 aliphatic rings. The van der Waals surface area contributed by atoms with Crippen LogP contribution in [0.15, 0.2) is 24.3 Å². The second-order valence-electron chi connectivity index (χ2n) is 6.45. The molecule has 0 unspecified atom stereocenters. The number of alkyl halides is 3. The van der Waals surface area contributed by atoms with Gasteiger partial charge in [-0.3, -0.25) is 0 Å². The van der Waals surface area contributed by atoms with E-state index < -0.39 is 11.7 Å². The number of benzene rings is 1. The molecule has 0 aliphatic carbocycles. The minimum Gasteiger partial charge on any atom is -0.392 e. The van der Waals surface area contributed by atoms with Crippen molar-refractivity contribution in [3.63, 3.8) is 0 Å². The molecule has 1 heterocycles. The molecular weight excluding hydrogens is 279 g/mol. The maximum absolute atomic E-state index is 12.6. The third-order valence-corrected chi connectivity index (χ3v) is 4.29. The first-order valence-corrected chi connectivity index (χ1v) is 7.27. The topological polar surface area (TPSA) is 23.5 Å². The van der Waals surface area contributed by atoms with Crippen molar-refractivity contribution in [1.82, 2.24) is 4.90 Å². The number of rotatable bonds is 4. The number of hydrogen-bond donors (Lipinski definition) is 1. The molecule has 0 amide bonds. The van der Waals surface area contributed by atoms with E-state index in [0.29, 0.717) is 6.54 Å². The number of halogens is 3. The van der Waals surface area contributed by atoms with E-state index in [1.165, 1.54) is 0 Å².